The number of aliphatic hydroxyl groups is 1. The second kappa shape index (κ2) is 5.90. The Morgan fingerprint density at radius 3 is 2.80 bits per heavy atom. The lowest BCUT2D eigenvalue weighted by molar-refractivity contribution is 0.292. The van der Waals surface area contributed by atoms with Gasteiger partial charge in [0, 0.05) is 17.4 Å². The fourth-order valence-electron chi connectivity index (χ4n) is 2.88. The quantitative estimate of drug-likeness (QED) is 0.594. The largest absolute Gasteiger partial charge is 0.523 e. The van der Waals surface area contributed by atoms with E-state index in [1.165, 1.54) is 12.1 Å². The van der Waals surface area contributed by atoms with Crippen molar-refractivity contribution >= 4 is 32.5 Å². The molecule has 2 heterocycles. The van der Waals surface area contributed by atoms with Crippen molar-refractivity contribution in [2.75, 3.05) is 6.61 Å². The van der Waals surface area contributed by atoms with Gasteiger partial charge in [0.25, 0.3) is 0 Å². The number of ether oxygens (including phenoxy) is 1. The molecule has 0 amide bonds. The van der Waals surface area contributed by atoms with Crippen molar-refractivity contribution in [3.8, 4) is 11.4 Å². The van der Waals surface area contributed by atoms with Gasteiger partial charge in [-0.05, 0) is 40.2 Å². The molecule has 1 aromatic heterocycles. The van der Waals surface area contributed by atoms with Gasteiger partial charge >= 0.3 is 0 Å². The van der Waals surface area contributed by atoms with E-state index in [4.69, 9.17) is 11.3 Å². The van der Waals surface area contributed by atoms with Crippen LogP contribution in [0.2, 0.25) is 0 Å². The van der Waals surface area contributed by atoms with Crippen LogP contribution in [0, 0.1) is 12.4 Å². The molecule has 1 N–H and O–H groups in total. The summed E-state index contributed by atoms with van der Waals surface area (Å²) < 4.78 is 21.3. The van der Waals surface area contributed by atoms with Crippen molar-refractivity contribution in [2.24, 2.45) is 0 Å². The molecule has 0 aliphatic carbocycles. The highest BCUT2D eigenvalue weighted by molar-refractivity contribution is 9.10. The Labute approximate surface area is 150 Å². The second-order valence-electron chi connectivity index (χ2n) is 5.54. The summed E-state index contributed by atoms with van der Waals surface area (Å²) in [7, 11) is 0. The highest BCUT2D eigenvalue weighted by atomic mass is 79.9. The average molecular weight is 400 g/mol. The molecule has 0 fully saturated rings. The van der Waals surface area contributed by atoms with E-state index in [2.05, 4.69) is 25.9 Å². The molecule has 0 radical (unpaired) electrons. The minimum Gasteiger partial charge on any atom is -0.523 e. The molecule has 2 aromatic carbocycles. The maximum Gasteiger partial charge on any atom is 0.234 e. The molecule has 3 aromatic rings. The smallest absolute Gasteiger partial charge is 0.234 e. The summed E-state index contributed by atoms with van der Waals surface area (Å²) in [6, 6.07) is 7.79. The molecule has 1 aliphatic rings. The number of aliphatic hydroxyl groups excluding tert-OH is 1. The zero-order valence-electron chi connectivity index (χ0n) is 12.8. The number of hydrogen-bond acceptors (Lipinski definition) is 3. The maximum absolute atomic E-state index is 13.2. The number of rotatable bonds is 1. The Hall–Kier alpha value is -2.85. The molecule has 1 aliphatic heterocycles. The van der Waals surface area contributed by atoms with E-state index in [-0.39, 0.29) is 30.3 Å². The van der Waals surface area contributed by atoms with Crippen LogP contribution in [-0.2, 0) is 0 Å². The molecular weight excluding hydrogens is 389 g/mol. The van der Waals surface area contributed by atoms with E-state index >= 15 is 0 Å². The summed E-state index contributed by atoms with van der Waals surface area (Å²) >= 11 is 3.55. The predicted octanol–water partition coefficient (Wildman–Crippen LogP) is 4.86. The molecule has 124 valence electrons. The summed E-state index contributed by atoms with van der Waals surface area (Å²) in [6.45, 7) is 7.64. The van der Waals surface area contributed by atoms with Crippen LogP contribution >= 0.6 is 15.9 Å². The van der Waals surface area contributed by atoms with Gasteiger partial charge in [-0.15, -0.1) is 0 Å². The van der Waals surface area contributed by atoms with Crippen molar-refractivity contribution in [1.29, 1.82) is 0 Å². The Balaban J connectivity index is 2.00. The summed E-state index contributed by atoms with van der Waals surface area (Å²) in [5, 5.41) is 15.2. The van der Waals surface area contributed by atoms with Gasteiger partial charge in [-0.1, -0.05) is 6.07 Å². The van der Waals surface area contributed by atoms with Crippen LogP contribution < -0.4 is 4.74 Å². The van der Waals surface area contributed by atoms with Crippen molar-refractivity contribution in [1.82, 2.24) is 9.78 Å². The Morgan fingerprint density at radius 2 is 2.08 bits per heavy atom. The first-order valence-corrected chi connectivity index (χ1v) is 8.28. The van der Waals surface area contributed by atoms with Crippen LogP contribution in [0.1, 0.15) is 12.0 Å². The standard InChI is InChI=1S/C18H11BrFN3O2/c1-21-16-13-8-10-9-22-23(12-4-2-11(20)3-5-12)17(10)15(19)18(13)25-7-6-14(16)24/h2-5,8-9,24H,6-7H2. The van der Waals surface area contributed by atoms with Crippen LogP contribution in [0.15, 0.2) is 46.8 Å². The monoisotopic (exact) mass is 399 g/mol. The van der Waals surface area contributed by atoms with Gasteiger partial charge < -0.3 is 9.84 Å². The number of benzene rings is 2. The third-order valence-corrected chi connectivity index (χ3v) is 4.78. The fourth-order valence-corrected chi connectivity index (χ4v) is 3.60. The Bertz CT molecular complexity index is 1060. The maximum atomic E-state index is 13.2. The number of hydrogen-bond donors (Lipinski definition) is 1. The van der Waals surface area contributed by atoms with Gasteiger partial charge in [0.1, 0.15) is 17.3 Å². The normalized spacial score (nSPS) is 14.0. The lowest BCUT2D eigenvalue weighted by atomic mass is 10.1. The third kappa shape index (κ3) is 2.46. The molecule has 0 unspecified atom stereocenters. The molecule has 0 saturated heterocycles. The first-order valence-electron chi connectivity index (χ1n) is 7.49. The summed E-state index contributed by atoms with van der Waals surface area (Å²) in [5.41, 5.74) is 2.17. The van der Waals surface area contributed by atoms with E-state index < -0.39 is 0 Å². The van der Waals surface area contributed by atoms with Crippen molar-refractivity contribution in [2.45, 2.75) is 6.42 Å². The topological polar surface area (TPSA) is 51.6 Å². The zero-order valence-corrected chi connectivity index (χ0v) is 14.4. The zero-order chi connectivity index (χ0) is 17.6. The van der Waals surface area contributed by atoms with E-state index in [1.807, 2.05) is 0 Å². The van der Waals surface area contributed by atoms with Gasteiger partial charge in [-0.25, -0.2) is 13.9 Å². The van der Waals surface area contributed by atoms with E-state index in [1.54, 1.807) is 29.1 Å². The number of halogens is 2. The van der Waals surface area contributed by atoms with Gasteiger partial charge in [0.15, 0.2) is 0 Å². The summed E-state index contributed by atoms with van der Waals surface area (Å²) in [4.78, 5) is 3.46. The molecule has 4 rings (SSSR count). The Kier molecular flexibility index (Phi) is 3.70. The minimum atomic E-state index is -0.321. The van der Waals surface area contributed by atoms with Gasteiger partial charge in [0.05, 0.1) is 35.1 Å². The molecule has 0 atom stereocenters. The first kappa shape index (κ1) is 15.7. The fraction of sp³-hybridized carbons (Fsp3) is 0.111. The number of nitrogens with zero attached hydrogens (tertiary/aromatic N) is 3. The van der Waals surface area contributed by atoms with Gasteiger partial charge in [0.2, 0.25) is 5.70 Å². The van der Waals surface area contributed by atoms with E-state index in [9.17, 15) is 9.50 Å². The lowest BCUT2D eigenvalue weighted by Gasteiger charge is -2.12. The first-order chi connectivity index (χ1) is 12.1. The summed E-state index contributed by atoms with van der Waals surface area (Å²) in [5.74, 6) is 0.191. The molecule has 0 saturated carbocycles. The SMILES string of the molecule is [C-]#[N+]C1=C(O)CCOc2c1cc1cnn(-c3ccc(F)cc3)c1c2Br. The van der Waals surface area contributed by atoms with Crippen LogP contribution in [0.25, 0.3) is 27.1 Å². The molecule has 5 nitrogen and oxygen atoms in total. The molecule has 7 heteroatoms. The second-order valence-corrected chi connectivity index (χ2v) is 6.34. The number of fused-ring (bicyclic) bond motifs is 2. The van der Waals surface area contributed by atoms with E-state index in [0.29, 0.717) is 21.5 Å². The van der Waals surface area contributed by atoms with Gasteiger partial charge in [-0.2, -0.15) is 5.10 Å². The van der Waals surface area contributed by atoms with E-state index in [0.717, 1.165) is 10.9 Å². The van der Waals surface area contributed by atoms with Crippen LogP contribution in [0.5, 0.6) is 5.75 Å². The number of aromatic nitrogens is 2. The van der Waals surface area contributed by atoms with Gasteiger partial charge in [-0.3, -0.25) is 0 Å². The van der Waals surface area contributed by atoms with Crippen molar-refractivity contribution in [3.05, 3.63) is 69.6 Å². The molecule has 25 heavy (non-hydrogen) atoms. The van der Waals surface area contributed by atoms with Crippen molar-refractivity contribution < 1.29 is 14.2 Å². The molecule has 0 bridgehead atoms. The average Bonchev–Trinajstić information content (AvgIpc) is 2.95. The van der Waals surface area contributed by atoms with Crippen molar-refractivity contribution in [3.63, 3.8) is 0 Å². The molecule has 0 spiro atoms. The lowest BCUT2D eigenvalue weighted by Crippen LogP contribution is -2.00. The minimum absolute atomic E-state index is 0.0194. The predicted molar refractivity (Wildman–Crippen MR) is 95.0 cm³/mol. The summed E-state index contributed by atoms with van der Waals surface area (Å²) in [6.07, 6.45) is 1.94. The highest BCUT2D eigenvalue weighted by Gasteiger charge is 2.24. The molecular formula is C18H11BrFN3O2. The Morgan fingerprint density at radius 1 is 1.32 bits per heavy atom. The highest BCUT2D eigenvalue weighted by Crippen LogP contribution is 2.43. The van der Waals surface area contributed by atoms with Crippen LogP contribution in [0.4, 0.5) is 4.39 Å². The van der Waals surface area contributed by atoms with Crippen LogP contribution in [0.3, 0.4) is 0 Å². The third-order valence-electron chi connectivity index (χ3n) is 4.05. The van der Waals surface area contributed by atoms with Crippen LogP contribution in [-0.4, -0.2) is 21.5 Å².